The molecule has 0 unspecified atom stereocenters. The average molecular weight is 490 g/mol. The molecule has 2 saturated heterocycles. The van der Waals surface area contributed by atoms with Crippen molar-refractivity contribution in [2.75, 3.05) is 80.5 Å². The molecule has 1 aromatic heterocycles. The highest BCUT2D eigenvalue weighted by Gasteiger charge is 2.20. The van der Waals surface area contributed by atoms with Crippen LogP contribution in [0.1, 0.15) is 0 Å². The van der Waals surface area contributed by atoms with Crippen LogP contribution in [0.3, 0.4) is 0 Å². The minimum Gasteiger partial charge on any atom is -0.378 e. The molecular formula is C25H31N9O2. The normalized spacial score (nSPS) is 17.0. The van der Waals surface area contributed by atoms with Gasteiger partial charge in [0, 0.05) is 56.2 Å². The number of hydrazine groups is 1. The van der Waals surface area contributed by atoms with E-state index in [1.807, 2.05) is 54.6 Å². The number of hydrogen-bond acceptors (Lipinski definition) is 9. The first-order chi connectivity index (χ1) is 17.6. The molecule has 0 spiro atoms. The van der Waals surface area contributed by atoms with Gasteiger partial charge in [0.05, 0.1) is 13.2 Å². The zero-order valence-electron chi connectivity index (χ0n) is 20.4. The van der Waals surface area contributed by atoms with Crippen molar-refractivity contribution in [2.24, 2.45) is 0 Å². The highest BCUT2D eigenvalue weighted by Crippen LogP contribution is 2.23. The number of nitrogens with zero attached hydrogens (tertiary/aromatic N) is 6. The monoisotopic (exact) mass is 489 g/mol. The maximum Gasteiger partial charge on any atom is 0.323 e. The molecule has 2 aliphatic rings. The van der Waals surface area contributed by atoms with Crippen LogP contribution in [-0.2, 0) is 4.74 Å². The summed E-state index contributed by atoms with van der Waals surface area (Å²) < 4.78 is 5.50. The molecule has 0 aliphatic carbocycles. The number of morpholine rings is 1. The van der Waals surface area contributed by atoms with Crippen molar-refractivity contribution in [3.05, 3.63) is 54.6 Å². The zero-order chi connectivity index (χ0) is 24.7. The molecule has 11 heteroatoms. The van der Waals surface area contributed by atoms with E-state index in [1.165, 1.54) is 0 Å². The summed E-state index contributed by atoms with van der Waals surface area (Å²) in [6.07, 6.45) is 0. The molecule has 11 nitrogen and oxygen atoms in total. The average Bonchev–Trinajstić information content (AvgIpc) is 2.91. The third kappa shape index (κ3) is 6.25. The predicted octanol–water partition coefficient (Wildman–Crippen LogP) is 2.59. The topological polar surface area (TPSA) is 111 Å². The molecular weight excluding hydrogens is 458 g/mol. The molecule has 188 valence electrons. The van der Waals surface area contributed by atoms with Gasteiger partial charge < -0.3 is 25.2 Å². The quantitative estimate of drug-likeness (QED) is 0.481. The van der Waals surface area contributed by atoms with Crippen molar-refractivity contribution in [1.29, 1.82) is 0 Å². The Morgan fingerprint density at radius 2 is 1.47 bits per heavy atom. The van der Waals surface area contributed by atoms with E-state index in [-0.39, 0.29) is 6.03 Å². The number of rotatable bonds is 6. The Hall–Kier alpha value is -3.80. The van der Waals surface area contributed by atoms with E-state index in [0.717, 1.165) is 50.5 Å². The first-order valence-electron chi connectivity index (χ1n) is 12.1. The highest BCUT2D eigenvalue weighted by atomic mass is 16.5. The van der Waals surface area contributed by atoms with Crippen molar-refractivity contribution in [2.45, 2.75) is 0 Å². The minimum atomic E-state index is -0.303. The number of hydrogen-bond donors (Lipinski definition) is 3. The van der Waals surface area contributed by atoms with Crippen molar-refractivity contribution in [1.82, 2.24) is 24.9 Å². The highest BCUT2D eigenvalue weighted by molar-refractivity contribution is 5.99. The van der Waals surface area contributed by atoms with Gasteiger partial charge in [-0.3, -0.25) is 5.43 Å². The lowest BCUT2D eigenvalue weighted by Crippen LogP contribution is -2.47. The van der Waals surface area contributed by atoms with E-state index in [9.17, 15) is 4.79 Å². The minimum absolute atomic E-state index is 0.303. The first kappa shape index (κ1) is 23.9. The Kier molecular flexibility index (Phi) is 7.50. The molecule has 2 amide bonds. The summed E-state index contributed by atoms with van der Waals surface area (Å²) >= 11 is 0. The molecule has 3 N–H and O–H groups in total. The van der Waals surface area contributed by atoms with Crippen LogP contribution in [0.25, 0.3) is 11.4 Å². The van der Waals surface area contributed by atoms with Crippen LogP contribution >= 0.6 is 0 Å². The van der Waals surface area contributed by atoms with E-state index < -0.39 is 0 Å². The van der Waals surface area contributed by atoms with Gasteiger partial charge in [-0.05, 0) is 43.4 Å². The summed E-state index contributed by atoms with van der Waals surface area (Å²) in [5, 5.41) is 7.81. The second-order valence-electron chi connectivity index (χ2n) is 8.81. The van der Waals surface area contributed by atoms with Gasteiger partial charge in [-0.25, -0.2) is 9.80 Å². The van der Waals surface area contributed by atoms with Gasteiger partial charge in [-0.1, -0.05) is 18.2 Å². The van der Waals surface area contributed by atoms with Crippen LogP contribution in [0.2, 0.25) is 0 Å². The molecule has 0 saturated carbocycles. The Balaban J connectivity index is 1.32. The SMILES string of the molecule is CN1CCN(Nc2nc(-c3ccc(NC(=O)Nc4ccccc4)cc3)nc(N3CCOCC3)n2)CC1. The van der Waals surface area contributed by atoms with E-state index in [0.29, 0.717) is 36.6 Å². The van der Waals surface area contributed by atoms with E-state index in [4.69, 9.17) is 19.7 Å². The van der Waals surface area contributed by atoms with E-state index in [1.54, 1.807) is 0 Å². The summed E-state index contributed by atoms with van der Waals surface area (Å²) in [4.78, 5) is 30.9. The summed E-state index contributed by atoms with van der Waals surface area (Å²) in [6.45, 7) is 6.49. The van der Waals surface area contributed by atoms with Crippen LogP contribution in [0, 0.1) is 0 Å². The number of likely N-dealkylation sites (N-methyl/N-ethyl adjacent to an activating group) is 1. The Morgan fingerprint density at radius 1 is 0.806 bits per heavy atom. The lowest BCUT2D eigenvalue weighted by Gasteiger charge is -2.32. The van der Waals surface area contributed by atoms with Crippen LogP contribution in [0.5, 0.6) is 0 Å². The number of urea groups is 1. The van der Waals surface area contributed by atoms with Crippen molar-refractivity contribution < 1.29 is 9.53 Å². The van der Waals surface area contributed by atoms with Gasteiger partial charge in [0.25, 0.3) is 0 Å². The fraction of sp³-hybridized carbons (Fsp3) is 0.360. The van der Waals surface area contributed by atoms with Crippen LogP contribution in [0.4, 0.5) is 28.1 Å². The fourth-order valence-corrected chi connectivity index (χ4v) is 4.03. The molecule has 0 bridgehead atoms. The van der Waals surface area contributed by atoms with Gasteiger partial charge in [0.2, 0.25) is 11.9 Å². The third-order valence-electron chi connectivity index (χ3n) is 6.11. The largest absolute Gasteiger partial charge is 0.378 e. The second-order valence-corrected chi connectivity index (χ2v) is 8.81. The second kappa shape index (κ2) is 11.3. The maximum absolute atomic E-state index is 12.3. The van der Waals surface area contributed by atoms with Crippen LogP contribution < -0.4 is 21.0 Å². The molecule has 2 aromatic carbocycles. The van der Waals surface area contributed by atoms with Gasteiger partial charge in [-0.15, -0.1) is 0 Å². The number of nitrogens with one attached hydrogen (secondary N) is 3. The number of piperazine rings is 1. The molecule has 2 aliphatic heterocycles. The number of benzene rings is 2. The molecule has 0 radical (unpaired) electrons. The maximum atomic E-state index is 12.3. The molecule has 2 fully saturated rings. The lowest BCUT2D eigenvalue weighted by atomic mass is 10.2. The lowest BCUT2D eigenvalue weighted by molar-refractivity contribution is 0.122. The third-order valence-corrected chi connectivity index (χ3v) is 6.11. The summed E-state index contributed by atoms with van der Waals surface area (Å²) in [5.74, 6) is 1.73. The number of aromatic nitrogens is 3. The predicted molar refractivity (Wildman–Crippen MR) is 140 cm³/mol. The van der Waals surface area contributed by atoms with Gasteiger partial charge in [0.15, 0.2) is 5.82 Å². The zero-order valence-corrected chi connectivity index (χ0v) is 20.4. The fourth-order valence-electron chi connectivity index (χ4n) is 4.03. The molecule has 0 atom stereocenters. The number of ether oxygens (including phenoxy) is 1. The summed E-state index contributed by atoms with van der Waals surface area (Å²) in [6, 6.07) is 16.5. The van der Waals surface area contributed by atoms with Gasteiger partial charge in [0.1, 0.15) is 0 Å². The van der Waals surface area contributed by atoms with Gasteiger partial charge >= 0.3 is 6.03 Å². The van der Waals surface area contributed by atoms with Crippen LogP contribution in [-0.4, -0.2) is 90.4 Å². The Bertz CT molecular complexity index is 1150. The van der Waals surface area contributed by atoms with Crippen molar-refractivity contribution >= 4 is 29.3 Å². The smallest absolute Gasteiger partial charge is 0.323 e. The van der Waals surface area contributed by atoms with Crippen molar-refractivity contribution in [3.63, 3.8) is 0 Å². The molecule has 3 aromatic rings. The van der Waals surface area contributed by atoms with Crippen molar-refractivity contribution in [3.8, 4) is 11.4 Å². The summed E-state index contributed by atoms with van der Waals surface area (Å²) in [5.41, 5.74) is 5.61. The number of amides is 2. The molecule has 36 heavy (non-hydrogen) atoms. The number of carbonyl (C=O) groups is 1. The van der Waals surface area contributed by atoms with Crippen LogP contribution in [0.15, 0.2) is 54.6 Å². The Labute approximate surface area is 210 Å². The molecule has 3 heterocycles. The van der Waals surface area contributed by atoms with Gasteiger partial charge in [-0.2, -0.15) is 15.0 Å². The first-order valence-corrected chi connectivity index (χ1v) is 12.1. The number of carbonyl (C=O) groups excluding carboxylic acids is 1. The van der Waals surface area contributed by atoms with E-state index >= 15 is 0 Å². The summed E-state index contributed by atoms with van der Waals surface area (Å²) in [7, 11) is 2.12. The molecule has 5 rings (SSSR count). The number of anilines is 4. The number of para-hydroxylation sites is 1. The van der Waals surface area contributed by atoms with E-state index in [2.05, 4.69) is 37.9 Å². The standard InChI is InChI=1S/C25H31N9O2/c1-32-11-13-34(14-12-32)31-23-28-22(29-24(30-23)33-15-17-36-18-16-33)19-7-9-21(10-8-19)27-25(35)26-20-5-3-2-4-6-20/h2-10H,11-18H2,1H3,(H2,26,27,35)(H,28,29,30,31). The Morgan fingerprint density at radius 3 is 2.17 bits per heavy atom.